The van der Waals surface area contributed by atoms with Crippen LogP contribution in [-0.2, 0) is 24.1 Å². The molecule has 25 heavy (non-hydrogen) atoms. The minimum atomic E-state index is -0.00304. The van der Waals surface area contributed by atoms with Gasteiger partial charge in [-0.3, -0.25) is 4.79 Å². The molecule has 5 heteroatoms. The number of rotatable bonds is 7. The van der Waals surface area contributed by atoms with Crippen molar-refractivity contribution >= 4 is 5.91 Å². The highest BCUT2D eigenvalue weighted by Crippen LogP contribution is 2.28. The minimum absolute atomic E-state index is 0.00304. The first-order chi connectivity index (χ1) is 12.2. The van der Waals surface area contributed by atoms with Crippen molar-refractivity contribution in [2.24, 2.45) is 0 Å². The van der Waals surface area contributed by atoms with Gasteiger partial charge in [-0.25, -0.2) is 0 Å². The Morgan fingerprint density at radius 1 is 1.08 bits per heavy atom. The van der Waals surface area contributed by atoms with Crippen molar-refractivity contribution in [3.63, 3.8) is 0 Å². The summed E-state index contributed by atoms with van der Waals surface area (Å²) in [6.07, 6.45) is 2.10. The third-order valence-corrected chi connectivity index (χ3v) is 4.30. The summed E-state index contributed by atoms with van der Waals surface area (Å²) >= 11 is 0. The quantitative estimate of drug-likeness (QED) is 0.841. The molecule has 0 aliphatic carbocycles. The van der Waals surface area contributed by atoms with E-state index < -0.39 is 0 Å². The van der Waals surface area contributed by atoms with Gasteiger partial charge in [0.15, 0.2) is 11.5 Å². The van der Waals surface area contributed by atoms with E-state index in [2.05, 4.69) is 17.4 Å². The van der Waals surface area contributed by atoms with E-state index in [1.54, 1.807) is 14.2 Å². The Balaban J connectivity index is 1.50. The van der Waals surface area contributed by atoms with Crippen LogP contribution in [0.15, 0.2) is 36.4 Å². The Morgan fingerprint density at radius 3 is 2.68 bits per heavy atom. The number of hydrogen-bond acceptors (Lipinski definition) is 4. The molecule has 0 saturated heterocycles. The van der Waals surface area contributed by atoms with Crippen molar-refractivity contribution < 1.29 is 19.0 Å². The number of carbonyl (C=O) groups is 1. The lowest BCUT2D eigenvalue weighted by molar-refractivity contribution is -0.120. The van der Waals surface area contributed by atoms with Crippen molar-refractivity contribution in [1.29, 1.82) is 0 Å². The normalized spacial score (nSPS) is 12.2. The number of benzene rings is 2. The number of hydrogen-bond donors (Lipinski definition) is 1. The topological polar surface area (TPSA) is 56.8 Å². The van der Waals surface area contributed by atoms with Crippen LogP contribution >= 0.6 is 0 Å². The van der Waals surface area contributed by atoms with Crippen molar-refractivity contribution in [1.82, 2.24) is 5.32 Å². The third-order valence-electron chi connectivity index (χ3n) is 4.30. The summed E-state index contributed by atoms with van der Waals surface area (Å²) in [5.74, 6) is 2.28. The van der Waals surface area contributed by atoms with E-state index in [0.717, 1.165) is 30.8 Å². The Bertz CT molecular complexity index is 757. The Labute approximate surface area is 147 Å². The molecule has 0 spiro atoms. The number of amides is 1. The second-order valence-corrected chi connectivity index (χ2v) is 6.01. The Kier molecular flexibility index (Phi) is 5.43. The lowest BCUT2D eigenvalue weighted by Gasteiger charge is -2.10. The first kappa shape index (κ1) is 17.1. The minimum Gasteiger partial charge on any atom is -0.493 e. The van der Waals surface area contributed by atoms with Gasteiger partial charge in [0.1, 0.15) is 5.75 Å². The zero-order valence-electron chi connectivity index (χ0n) is 14.6. The molecule has 0 unspecified atom stereocenters. The number of nitrogens with one attached hydrogen (secondary N) is 1. The van der Waals surface area contributed by atoms with E-state index in [9.17, 15) is 4.79 Å². The molecule has 0 radical (unpaired) electrons. The van der Waals surface area contributed by atoms with Crippen LogP contribution in [0.25, 0.3) is 0 Å². The van der Waals surface area contributed by atoms with E-state index in [1.165, 1.54) is 11.1 Å². The van der Waals surface area contributed by atoms with Crippen molar-refractivity contribution in [3.05, 3.63) is 53.1 Å². The maximum Gasteiger partial charge on any atom is 0.224 e. The van der Waals surface area contributed by atoms with E-state index in [4.69, 9.17) is 14.2 Å². The maximum absolute atomic E-state index is 12.1. The molecule has 2 aromatic carbocycles. The second-order valence-electron chi connectivity index (χ2n) is 6.01. The van der Waals surface area contributed by atoms with E-state index >= 15 is 0 Å². The third kappa shape index (κ3) is 4.24. The van der Waals surface area contributed by atoms with Gasteiger partial charge >= 0.3 is 0 Å². The smallest absolute Gasteiger partial charge is 0.224 e. The number of carbonyl (C=O) groups excluding carboxylic acids is 1. The maximum atomic E-state index is 12.1. The van der Waals surface area contributed by atoms with E-state index in [1.807, 2.05) is 24.3 Å². The summed E-state index contributed by atoms with van der Waals surface area (Å²) in [6, 6.07) is 11.8. The molecule has 0 saturated carbocycles. The van der Waals surface area contributed by atoms with E-state index in [-0.39, 0.29) is 5.91 Å². The lowest BCUT2D eigenvalue weighted by Crippen LogP contribution is -2.27. The van der Waals surface area contributed by atoms with Gasteiger partial charge in [0.25, 0.3) is 0 Å². The number of fused-ring (bicyclic) bond motifs is 1. The summed E-state index contributed by atoms with van der Waals surface area (Å²) in [5.41, 5.74) is 3.37. The molecule has 5 nitrogen and oxygen atoms in total. The number of methoxy groups -OCH3 is 2. The molecule has 0 atom stereocenters. The van der Waals surface area contributed by atoms with Gasteiger partial charge in [0.05, 0.1) is 27.2 Å². The van der Waals surface area contributed by atoms with Crippen LogP contribution in [0.1, 0.15) is 16.7 Å². The zero-order chi connectivity index (χ0) is 17.6. The van der Waals surface area contributed by atoms with Gasteiger partial charge < -0.3 is 19.5 Å². The average Bonchev–Trinajstić information content (AvgIpc) is 3.09. The molecule has 2 aromatic rings. The fourth-order valence-electron chi connectivity index (χ4n) is 2.98. The molecule has 1 amide bonds. The summed E-state index contributed by atoms with van der Waals surface area (Å²) < 4.78 is 16.0. The standard InChI is InChI=1S/C20H23NO4/c1-23-18-6-4-15(12-19(18)24-2)13-20(22)21-9-7-14-3-5-17-16(11-14)8-10-25-17/h3-6,11-12H,7-10,13H2,1-2H3,(H,21,22). The highest BCUT2D eigenvalue weighted by molar-refractivity contribution is 5.78. The molecule has 0 aromatic heterocycles. The Hall–Kier alpha value is -2.69. The fourth-order valence-corrected chi connectivity index (χ4v) is 2.98. The van der Waals surface area contributed by atoms with Crippen molar-refractivity contribution in [2.75, 3.05) is 27.4 Å². The molecule has 1 N–H and O–H groups in total. The average molecular weight is 341 g/mol. The van der Waals surface area contributed by atoms with Gasteiger partial charge in [-0.05, 0) is 41.3 Å². The summed E-state index contributed by atoms with van der Waals surface area (Å²) in [6.45, 7) is 1.38. The SMILES string of the molecule is COc1ccc(CC(=O)NCCc2ccc3c(c2)CCO3)cc1OC. The molecule has 0 fully saturated rings. The Morgan fingerprint density at radius 2 is 1.88 bits per heavy atom. The van der Waals surface area contributed by atoms with E-state index in [0.29, 0.717) is 24.5 Å². The zero-order valence-corrected chi connectivity index (χ0v) is 14.6. The van der Waals surface area contributed by atoms with Crippen LogP contribution in [0.5, 0.6) is 17.2 Å². The van der Waals surface area contributed by atoms with Crippen LogP contribution in [0.4, 0.5) is 0 Å². The molecular formula is C20H23NO4. The second kappa shape index (κ2) is 7.92. The van der Waals surface area contributed by atoms with Gasteiger partial charge in [-0.15, -0.1) is 0 Å². The highest BCUT2D eigenvalue weighted by Gasteiger charge is 2.12. The predicted molar refractivity (Wildman–Crippen MR) is 95.6 cm³/mol. The molecule has 1 aliphatic heterocycles. The van der Waals surface area contributed by atoms with Crippen LogP contribution in [0.3, 0.4) is 0 Å². The first-order valence-electron chi connectivity index (χ1n) is 8.42. The van der Waals surface area contributed by atoms with Gasteiger partial charge in [-0.1, -0.05) is 18.2 Å². The van der Waals surface area contributed by atoms with Crippen LogP contribution in [0, 0.1) is 0 Å². The molecular weight excluding hydrogens is 318 g/mol. The summed E-state index contributed by atoms with van der Waals surface area (Å²) in [4.78, 5) is 12.1. The largest absolute Gasteiger partial charge is 0.493 e. The molecule has 132 valence electrons. The van der Waals surface area contributed by atoms with Crippen LogP contribution in [0.2, 0.25) is 0 Å². The van der Waals surface area contributed by atoms with Crippen LogP contribution in [-0.4, -0.2) is 33.3 Å². The fraction of sp³-hybridized carbons (Fsp3) is 0.350. The molecule has 1 heterocycles. The summed E-state index contributed by atoms with van der Waals surface area (Å²) in [5, 5.41) is 2.97. The van der Waals surface area contributed by atoms with Gasteiger partial charge in [0, 0.05) is 13.0 Å². The summed E-state index contributed by atoms with van der Waals surface area (Å²) in [7, 11) is 3.18. The molecule has 0 bridgehead atoms. The van der Waals surface area contributed by atoms with Crippen molar-refractivity contribution in [3.8, 4) is 17.2 Å². The molecule has 3 rings (SSSR count). The van der Waals surface area contributed by atoms with Crippen LogP contribution < -0.4 is 19.5 Å². The highest BCUT2D eigenvalue weighted by atomic mass is 16.5. The monoisotopic (exact) mass is 341 g/mol. The van der Waals surface area contributed by atoms with Gasteiger partial charge in [0.2, 0.25) is 5.91 Å². The molecule has 1 aliphatic rings. The predicted octanol–water partition coefficient (Wildman–Crippen LogP) is 2.54. The van der Waals surface area contributed by atoms with Crippen molar-refractivity contribution in [2.45, 2.75) is 19.3 Å². The van der Waals surface area contributed by atoms with Gasteiger partial charge in [-0.2, -0.15) is 0 Å². The number of ether oxygens (including phenoxy) is 3. The first-order valence-corrected chi connectivity index (χ1v) is 8.42. The lowest BCUT2D eigenvalue weighted by atomic mass is 10.1.